The van der Waals surface area contributed by atoms with Crippen molar-refractivity contribution in [2.75, 3.05) is 0 Å². The van der Waals surface area contributed by atoms with Gasteiger partial charge in [0.1, 0.15) is 18.2 Å². The highest BCUT2D eigenvalue weighted by molar-refractivity contribution is 6.32. The molecule has 2 nitrogen and oxygen atoms in total. The molecule has 0 saturated heterocycles. The summed E-state index contributed by atoms with van der Waals surface area (Å²) < 4.78 is 19.0. The fourth-order valence-corrected chi connectivity index (χ4v) is 1.93. The van der Waals surface area contributed by atoms with E-state index in [-0.39, 0.29) is 18.5 Å². The summed E-state index contributed by atoms with van der Waals surface area (Å²) in [4.78, 5) is 0. The van der Waals surface area contributed by atoms with Gasteiger partial charge in [-0.15, -0.1) is 0 Å². The number of hydrogen-bond donors (Lipinski definition) is 1. The molecular formula is C15H15ClFNO. The van der Waals surface area contributed by atoms with Crippen molar-refractivity contribution < 1.29 is 9.13 Å². The van der Waals surface area contributed by atoms with Crippen molar-refractivity contribution in [1.29, 1.82) is 0 Å². The van der Waals surface area contributed by atoms with Crippen molar-refractivity contribution >= 4 is 11.6 Å². The molecule has 1 atom stereocenters. The third-order valence-corrected chi connectivity index (χ3v) is 3.12. The van der Waals surface area contributed by atoms with Crippen molar-refractivity contribution in [3.05, 3.63) is 64.4 Å². The molecule has 0 aromatic heterocycles. The van der Waals surface area contributed by atoms with Crippen LogP contribution in [0.25, 0.3) is 0 Å². The fourth-order valence-electron chi connectivity index (χ4n) is 1.69. The number of nitrogens with two attached hydrogens (primary N) is 1. The Labute approximate surface area is 117 Å². The largest absolute Gasteiger partial charge is 0.487 e. The van der Waals surface area contributed by atoms with Crippen LogP contribution in [0.3, 0.4) is 0 Å². The molecule has 0 aliphatic carbocycles. The summed E-state index contributed by atoms with van der Waals surface area (Å²) in [6.45, 7) is 2.02. The smallest absolute Gasteiger partial charge is 0.138 e. The van der Waals surface area contributed by atoms with Gasteiger partial charge in [-0.25, -0.2) is 4.39 Å². The summed E-state index contributed by atoms with van der Waals surface area (Å²) in [7, 11) is 0. The van der Waals surface area contributed by atoms with Gasteiger partial charge >= 0.3 is 0 Å². The first-order valence-electron chi connectivity index (χ1n) is 5.99. The van der Waals surface area contributed by atoms with Crippen LogP contribution in [-0.2, 0) is 6.61 Å². The van der Waals surface area contributed by atoms with Crippen LogP contribution in [-0.4, -0.2) is 0 Å². The summed E-state index contributed by atoms with van der Waals surface area (Å²) in [5.74, 6) is 0.236. The molecule has 100 valence electrons. The average molecular weight is 280 g/mol. The molecule has 2 aromatic carbocycles. The zero-order valence-electron chi connectivity index (χ0n) is 10.6. The van der Waals surface area contributed by atoms with Gasteiger partial charge in [0.25, 0.3) is 0 Å². The monoisotopic (exact) mass is 279 g/mol. The summed E-state index contributed by atoms with van der Waals surface area (Å²) in [5, 5.41) is 0.478. The van der Waals surface area contributed by atoms with Crippen molar-refractivity contribution in [1.82, 2.24) is 0 Å². The number of halogens is 2. The van der Waals surface area contributed by atoms with Crippen LogP contribution >= 0.6 is 11.6 Å². The molecule has 19 heavy (non-hydrogen) atoms. The highest BCUT2D eigenvalue weighted by atomic mass is 35.5. The maximum absolute atomic E-state index is 13.4. The van der Waals surface area contributed by atoms with Gasteiger partial charge in [0.15, 0.2) is 0 Å². The Balaban J connectivity index is 2.10. The van der Waals surface area contributed by atoms with Crippen molar-refractivity contribution in [2.24, 2.45) is 5.73 Å². The molecule has 2 aromatic rings. The summed E-state index contributed by atoms with van der Waals surface area (Å²) in [6.07, 6.45) is 0. The minimum absolute atomic E-state index is 0.0851. The van der Waals surface area contributed by atoms with E-state index in [0.29, 0.717) is 16.3 Å². The highest BCUT2D eigenvalue weighted by Crippen LogP contribution is 2.28. The Bertz CT molecular complexity index is 572. The maximum Gasteiger partial charge on any atom is 0.138 e. The summed E-state index contributed by atoms with van der Waals surface area (Å²) in [5.41, 5.74) is 7.20. The van der Waals surface area contributed by atoms with E-state index in [1.165, 1.54) is 6.07 Å². The molecule has 0 unspecified atom stereocenters. The molecule has 0 spiro atoms. The van der Waals surface area contributed by atoms with Crippen LogP contribution in [0.15, 0.2) is 42.5 Å². The SMILES string of the molecule is C[C@H](N)c1ccc(OCc2ccccc2F)c(Cl)c1. The predicted octanol–water partition coefficient (Wildman–Crippen LogP) is 4.08. The van der Waals surface area contributed by atoms with Gasteiger partial charge < -0.3 is 10.5 Å². The minimum atomic E-state index is -0.286. The molecule has 0 amide bonds. The van der Waals surface area contributed by atoms with Gasteiger partial charge in [-0.1, -0.05) is 35.9 Å². The molecule has 2 rings (SSSR count). The van der Waals surface area contributed by atoms with E-state index in [1.54, 1.807) is 30.3 Å². The van der Waals surface area contributed by atoms with Crippen molar-refractivity contribution in [2.45, 2.75) is 19.6 Å². The standard InChI is InChI=1S/C15H15ClFNO/c1-10(18)11-6-7-15(13(16)8-11)19-9-12-4-2-3-5-14(12)17/h2-8,10H,9,18H2,1H3/t10-/m0/s1. The lowest BCUT2D eigenvalue weighted by atomic mass is 10.1. The lowest BCUT2D eigenvalue weighted by Gasteiger charge is -2.11. The molecular weight excluding hydrogens is 265 g/mol. The zero-order chi connectivity index (χ0) is 13.8. The summed E-state index contributed by atoms with van der Waals surface area (Å²) >= 11 is 6.11. The van der Waals surface area contributed by atoms with Crippen LogP contribution in [0.4, 0.5) is 4.39 Å². The van der Waals surface area contributed by atoms with Gasteiger partial charge in [-0.05, 0) is 30.7 Å². The Morgan fingerprint density at radius 3 is 2.63 bits per heavy atom. The lowest BCUT2D eigenvalue weighted by molar-refractivity contribution is 0.300. The van der Waals surface area contributed by atoms with E-state index in [2.05, 4.69) is 0 Å². The van der Waals surface area contributed by atoms with Gasteiger partial charge in [-0.3, -0.25) is 0 Å². The van der Waals surface area contributed by atoms with Crippen molar-refractivity contribution in [3.63, 3.8) is 0 Å². The van der Waals surface area contributed by atoms with Gasteiger partial charge in [0, 0.05) is 11.6 Å². The van der Waals surface area contributed by atoms with E-state index < -0.39 is 0 Å². The number of benzene rings is 2. The molecule has 0 bridgehead atoms. The number of hydrogen-bond acceptors (Lipinski definition) is 2. The highest BCUT2D eigenvalue weighted by Gasteiger charge is 2.07. The maximum atomic E-state index is 13.4. The third-order valence-electron chi connectivity index (χ3n) is 2.82. The zero-order valence-corrected chi connectivity index (χ0v) is 11.3. The number of rotatable bonds is 4. The van der Waals surface area contributed by atoms with Gasteiger partial charge in [-0.2, -0.15) is 0 Å². The minimum Gasteiger partial charge on any atom is -0.487 e. The molecule has 0 radical (unpaired) electrons. The van der Waals surface area contributed by atoms with Crippen LogP contribution in [0.1, 0.15) is 24.1 Å². The third kappa shape index (κ3) is 3.46. The Hall–Kier alpha value is -1.58. The molecule has 0 fully saturated rings. The fraction of sp³-hybridized carbons (Fsp3) is 0.200. The molecule has 0 saturated carbocycles. The van der Waals surface area contributed by atoms with Crippen molar-refractivity contribution in [3.8, 4) is 5.75 Å². The second-order valence-corrected chi connectivity index (χ2v) is 4.77. The van der Waals surface area contributed by atoms with Gasteiger partial charge in [0.2, 0.25) is 0 Å². The van der Waals surface area contributed by atoms with Gasteiger partial charge in [0.05, 0.1) is 5.02 Å². The normalized spacial score (nSPS) is 12.2. The average Bonchev–Trinajstić information content (AvgIpc) is 2.39. The quantitative estimate of drug-likeness (QED) is 0.915. The van der Waals surface area contributed by atoms with E-state index in [9.17, 15) is 4.39 Å². The van der Waals surface area contributed by atoms with E-state index in [0.717, 1.165) is 5.56 Å². The second kappa shape index (κ2) is 6.04. The van der Waals surface area contributed by atoms with Crippen LogP contribution in [0.2, 0.25) is 5.02 Å². The topological polar surface area (TPSA) is 35.2 Å². The summed E-state index contributed by atoms with van der Waals surface area (Å²) in [6, 6.07) is 11.8. The first-order chi connectivity index (χ1) is 9.08. The van der Waals surface area contributed by atoms with E-state index >= 15 is 0 Å². The predicted molar refractivity (Wildman–Crippen MR) is 74.8 cm³/mol. The Kier molecular flexibility index (Phi) is 4.40. The molecule has 0 heterocycles. The van der Waals surface area contributed by atoms with Crippen LogP contribution in [0, 0.1) is 5.82 Å². The van der Waals surface area contributed by atoms with Crippen LogP contribution < -0.4 is 10.5 Å². The Morgan fingerprint density at radius 1 is 1.26 bits per heavy atom. The van der Waals surface area contributed by atoms with E-state index in [1.807, 2.05) is 13.0 Å². The first-order valence-corrected chi connectivity index (χ1v) is 6.37. The molecule has 4 heteroatoms. The molecule has 0 aliphatic rings. The first kappa shape index (κ1) is 13.8. The van der Waals surface area contributed by atoms with E-state index in [4.69, 9.17) is 22.1 Å². The lowest BCUT2D eigenvalue weighted by Crippen LogP contribution is -2.05. The molecule has 0 aliphatic heterocycles. The molecule has 2 N–H and O–H groups in total. The second-order valence-electron chi connectivity index (χ2n) is 4.36. The Morgan fingerprint density at radius 2 is 2.00 bits per heavy atom. The van der Waals surface area contributed by atoms with Crippen LogP contribution in [0.5, 0.6) is 5.75 Å². The number of ether oxygens (including phenoxy) is 1.